The average molecular weight is 396 g/mol. The zero-order valence-electron chi connectivity index (χ0n) is 14.9. The van der Waals surface area contributed by atoms with Crippen molar-refractivity contribution in [3.8, 4) is 0 Å². The summed E-state index contributed by atoms with van der Waals surface area (Å²) in [7, 11) is -6.68. The standard InChI is InChI=1S/C17H20N2O5S2/c1-13-5-9-15(10-6-13)25(21,22)19(17(20)18(3)4)26(23,24)16-11-7-14(2)8-12-16/h5-12H,1-4H3. The second-order valence-corrected chi connectivity index (χ2v) is 9.81. The Balaban J connectivity index is 2.69. The minimum atomic E-state index is -4.62. The van der Waals surface area contributed by atoms with E-state index >= 15 is 0 Å². The van der Waals surface area contributed by atoms with E-state index in [4.69, 9.17) is 0 Å². The van der Waals surface area contributed by atoms with Gasteiger partial charge < -0.3 is 4.90 Å². The quantitative estimate of drug-likeness (QED) is 0.791. The summed E-state index contributed by atoms with van der Waals surface area (Å²) in [6, 6.07) is 10.0. The number of carbonyl (C=O) groups is 1. The van der Waals surface area contributed by atoms with Crippen LogP contribution in [0.2, 0.25) is 0 Å². The molecule has 0 heterocycles. The van der Waals surface area contributed by atoms with Crippen molar-refractivity contribution in [1.29, 1.82) is 0 Å². The van der Waals surface area contributed by atoms with Crippen molar-refractivity contribution in [3.05, 3.63) is 59.7 Å². The molecule has 26 heavy (non-hydrogen) atoms. The first kappa shape index (κ1) is 19.9. The largest absolute Gasteiger partial charge is 0.348 e. The molecule has 2 aromatic carbocycles. The molecule has 0 aliphatic carbocycles. The second kappa shape index (κ2) is 7.08. The van der Waals surface area contributed by atoms with E-state index in [1.54, 1.807) is 13.8 Å². The molecule has 0 spiro atoms. The van der Waals surface area contributed by atoms with Crippen LogP contribution in [0.5, 0.6) is 0 Å². The molecule has 7 nitrogen and oxygen atoms in total. The normalized spacial score (nSPS) is 11.8. The molecule has 0 N–H and O–H groups in total. The summed E-state index contributed by atoms with van der Waals surface area (Å²) in [6.07, 6.45) is 0. The molecule has 9 heteroatoms. The minimum Gasteiger partial charge on any atom is -0.329 e. The first-order valence-corrected chi connectivity index (χ1v) is 10.5. The van der Waals surface area contributed by atoms with Crippen LogP contribution in [0.15, 0.2) is 58.3 Å². The van der Waals surface area contributed by atoms with Gasteiger partial charge in [-0.15, -0.1) is 3.71 Å². The van der Waals surface area contributed by atoms with Gasteiger partial charge in [0.1, 0.15) is 0 Å². The molecule has 0 aliphatic rings. The van der Waals surface area contributed by atoms with E-state index in [0.29, 0.717) is 0 Å². The maximum absolute atomic E-state index is 13.0. The number of benzene rings is 2. The third-order valence-corrected chi connectivity index (χ3v) is 7.71. The number of hydrogen-bond donors (Lipinski definition) is 0. The average Bonchev–Trinajstić information content (AvgIpc) is 2.55. The van der Waals surface area contributed by atoms with Crippen LogP contribution in [0.25, 0.3) is 0 Å². The molecule has 2 amide bonds. The van der Waals surface area contributed by atoms with E-state index in [9.17, 15) is 21.6 Å². The first-order chi connectivity index (χ1) is 12.0. The number of nitrogens with zero attached hydrogens (tertiary/aromatic N) is 2. The summed E-state index contributed by atoms with van der Waals surface area (Å²) >= 11 is 0. The molecule has 0 atom stereocenters. The van der Waals surface area contributed by atoms with Gasteiger partial charge in [0.25, 0.3) is 20.0 Å². The Labute approximate surface area is 154 Å². The monoisotopic (exact) mass is 396 g/mol. The van der Waals surface area contributed by atoms with Gasteiger partial charge in [0, 0.05) is 14.1 Å². The van der Waals surface area contributed by atoms with E-state index in [-0.39, 0.29) is 13.5 Å². The zero-order valence-corrected chi connectivity index (χ0v) is 16.5. The Morgan fingerprint density at radius 2 is 1.00 bits per heavy atom. The van der Waals surface area contributed by atoms with E-state index in [0.717, 1.165) is 16.0 Å². The molecule has 0 aromatic heterocycles. The lowest BCUT2D eigenvalue weighted by atomic mass is 10.2. The lowest BCUT2D eigenvalue weighted by molar-refractivity contribution is 0.211. The van der Waals surface area contributed by atoms with Crippen LogP contribution in [0, 0.1) is 13.8 Å². The van der Waals surface area contributed by atoms with Crippen LogP contribution in [-0.2, 0) is 20.0 Å². The molecule has 0 unspecified atom stereocenters. The van der Waals surface area contributed by atoms with Crippen molar-refractivity contribution < 1.29 is 21.6 Å². The fraction of sp³-hybridized carbons (Fsp3) is 0.235. The Kier molecular flexibility index (Phi) is 5.43. The summed E-state index contributed by atoms with van der Waals surface area (Å²) in [5.74, 6) is 0. The second-order valence-electron chi connectivity index (χ2n) is 6.01. The van der Waals surface area contributed by atoms with Crippen LogP contribution in [-0.4, -0.2) is 45.6 Å². The van der Waals surface area contributed by atoms with Gasteiger partial charge in [0.2, 0.25) is 0 Å². The van der Waals surface area contributed by atoms with Gasteiger partial charge in [-0.05, 0) is 38.1 Å². The smallest absolute Gasteiger partial charge is 0.329 e. The van der Waals surface area contributed by atoms with Crippen molar-refractivity contribution in [2.45, 2.75) is 23.6 Å². The van der Waals surface area contributed by atoms with E-state index in [1.807, 2.05) is 0 Å². The zero-order chi connectivity index (χ0) is 19.7. The lowest BCUT2D eigenvalue weighted by Gasteiger charge is -2.25. The van der Waals surface area contributed by atoms with Crippen LogP contribution in [0.1, 0.15) is 11.1 Å². The molecule has 140 valence electrons. The maximum Gasteiger partial charge on any atom is 0.348 e. The molecule has 0 aliphatic heterocycles. The van der Waals surface area contributed by atoms with Crippen LogP contribution < -0.4 is 0 Å². The molecule has 0 saturated heterocycles. The number of rotatable bonds is 4. The third-order valence-electron chi connectivity index (χ3n) is 3.61. The molecule has 0 fully saturated rings. The van der Waals surface area contributed by atoms with Gasteiger partial charge in [0.15, 0.2) is 0 Å². The Bertz CT molecular complexity index is 934. The van der Waals surface area contributed by atoms with E-state index in [2.05, 4.69) is 0 Å². The highest BCUT2D eigenvalue weighted by Crippen LogP contribution is 2.26. The van der Waals surface area contributed by atoms with E-state index in [1.165, 1.54) is 62.6 Å². The number of urea groups is 1. The molecular weight excluding hydrogens is 376 g/mol. The fourth-order valence-corrected chi connectivity index (χ4v) is 5.74. The fourth-order valence-electron chi connectivity index (χ4n) is 2.11. The summed E-state index contributed by atoms with van der Waals surface area (Å²) < 4.78 is 51.8. The van der Waals surface area contributed by atoms with Gasteiger partial charge in [-0.1, -0.05) is 35.4 Å². The molecule has 0 saturated carbocycles. The first-order valence-electron chi connectivity index (χ1n) is 7.63. The number of aryl methyl sites for hydroxylation is 2. The van der Waals surface area contributed by atoms with Crippen LogP contribution in [0.3, 0.4) is 0 Å². The van der Waals surface area contributed by atoms with Crippen LogP contribution >= 0.6 is 0 Å². The third kappa shape index (κ3) is 3.73. The maximum atomic E-state index is 13.0. The highest BCUT2D eigenvalue weighted by atomic mass is 32.3. The predicted molar refractivity (Wildman–Crippen MR) is 97.7 cm³/mol. The molecule has 0 bridgehead atoms. The molecular formula is C17H20N2O5S2. The highest BCUT2D eigenvalue weighted by Gasteiger charge is 2.41. The van der Waals surface area contributed by atoms with E-state index < -0.39 is 26.1 Å². The van der Waals surface area contributed by atoms with Gasteiger partial charge in [-0.25, -0.2) is 4.79 Å². The predicted octanol–water partition coefficient (Wildman–Crippen LogP) is 2.36. The van der Waals surface area contributed by atoms with Crippen molar-refractivity contribution in [2.24, 2.45) is 0 Å². The summed E-state index contributed by atoms with van der Waals surface area (Å²) in [5, 5.41) is 0. The summed E-state index contributed by atoms with van der Waals surface area (Å²) in [4.78, 5) is 12.8. The Morgan fingerprint density at radius 1 is 0.692 bits per heavy atom. The van der Waals surface area contributed by atoms with Crippen molar-refractivity contribution in [2.75, 3.05) is 14.1 Å². The molecule has 0 radical (unpaired) electrons. The van der Waals surface area contributed by atoms with Gasteiger partial charge in [-0.3, -0.25) is 0 Å². The number of carbonyl (C=O) groups excluding carboxylic acids is 1. The number of hydrogen-bond acceptors (Lipinski definition) is 5. The van der Waals surface area contributed by atoms with Gasteiger partial charge >= 0.3 is 6.03 Å². The SMILES string of the molecule is Cc1ccc(S(=O)(=O)N(C(=O)N(C)C)S(=O)(=O)c2ccc(C)cc2)cc1. The Morgan fingerprint density at radius 3 is 1.27 bits per heavy atom. The Hall–Kier alpha value is -2.39. The highest BCUT2D eigenvalue weighted by molar-refractivity contribution is 8.04. The van der Waals surface area contributed by atoms with Gasteiger partial charge in [-0.2, -0.15) is 16.8 Å². The minimum absolute atomic E-state index is 0.0602. The van der Waals surface area contributed by atoms with Crippen molar-refractivity contribution in [1.82, 2.24) is 8.61 Å². The molecule has 2 rings (SSSR count). The van der Waals surface area contributed by atoms with Crippen molar-refractivity contribution >= 4 is 26.1 Å². The molecule has 2 aromatic rings. The summed E-state index contributed by atoms with van der Waals surface area (Å²) in [5.41, 5.74) is 1.60. The summed E-state index contributed by atoms with van der Waals surface area (Å²) in [6.45, 7) is 3.53. The number of amides is 2. The van der Waals surface area contributed by atoms with Crippen molar-refractivity contribution in [3.63, 3.8) is 0 Å². The lowest BCUT2D eigenvalue weighted by Crippen LogP contribution is -2.46. The van der Waals surface area contributed by atoms with Crippen LogP contribution in [0.4, 0.5) is 4.79 Å². The topological polar surface area (TPSA) is 91.8 Å². The number of sulfonamides is 2. The van der Waals surface area contributed by atoms with Gasteiger partial charge in [0.05, 0.1) is 9.79 Å².